The molecule has 3 rings (SSSR count). The summed E-state index contributed by atoms with van der Waals surface area (Å²) in [7, 11) is 0. The molecule has 0 aliphatic carbocycles. The van der Waals surface area contributed by atoms with E-state index in [1.54, 1.807) is 6.07 Å². The molecule has 1 fully saturated rings. The van der Waals surface area contributed by atoms with Gasteiger partial charge in [-0.05, 0) is 17.7 Å². The molecule has 1 heterocycles. The molecule has 2 aromatic rings. The van der Waals surface area contributed by atoms with E-state index in [0.29, 0.717) is 12.2 Å². The summed E-state index contributed by atoms with van der Waals surface area (Å²) in [5.74, 6) is -0.157. The molecule has 116 valence electrons. The summed E-state index contributed by atoms with van der Waals surface area (Å²) < 4.78 is 13.8. The lowest BCUT2D eigenvalue weighted by Crippen LogP contribution is -3.15. The lowest BCUT2D eigenvalue weighted by molar-refractivity contribution is -0.904. The van der Waals surface area contributed by atoms with Crippen LogP contribution in [0.25, 0.3) is 0 Å². The number of aliphatic hydroxyl groups excluding tert-OH is 1. The van der Waals surface area contributed by atoms with Crippen LogP contribution in [0.15, 0.2) is 54.6 Å². The topological polar surface area (TPSA) is 27.9 Å². The van der Waals surface area contributed by atoms with Gasteiger partial charge in [0.2, 0.25) is 0 Å². The van der Waals surface area contributed by atoms with Gasteiger partial charge in [0, 0.05) is 0 Å². The average Bonchev–Trinajstić information content (AvgIpc) is 2.57. The van der Waals surface area contributed by atoms with Crippen molar-refractivity contribution in [2.45, 2.75) is 6.10 Å². The van der Waals surface area contributed by atoms with Crippen molar-refractivity contribution < 1.29 is 14.4 Å². The summed E-state index contributed by atoms with van der Waals surface area (Å²) >= 11 is 0. The van der Waals surface area contributed by atoms with Crippen LogP contribution in [0.5, 0.6) is 0 Å². The minimum absolute atomic E-state index is 0.157. The first-order valence-electron chi connectivity index (χ1n) is 7.80. The SMILES string of the molecule is O[C@@H](C[NH+]1CCN(c2ccccc2F)CC1)c1ccccc1. The number of rotatable bonds is 4. The molecule has 0 spiro atoms. The van der Waals surface area contributed by atoms with Crippen LogP contribution in [0.1, 0.15) is 11.7 Å². The van der Waals surface area contributed by atoms with E-state index in [9.17, 15) is 9.50 Å². The van der Waals surface area contributed by atoms with Gasteiger partial charge in [-0.1, -0.05) is 42.5 Å². The maximum Gasteiger partial charge on any atom is 0.146 e. The molecule has 0 radical (unpaired) electrons. The van der Waals surface area contributed by atoms with Crippen LogP contribution in [0, 0.1) is 5.82 Å². The van der Waals surface area contributed by atoms with Crippen molar-refractivity contribution in [3.8, 4) is 0 Å². The van der Waals surface area contributed by atoms with Gasteiger partial charge in [-0.2, -0.15) is 0 Å². The maximum atomic E-state index is 13.8. The highest BCUT2D eigenvalue weighted by Crippen LogP contribution is 2.18. The van der Waals surface area contributed by atoms with Gasteiger partial charge >= 0.3 is 0 Å². The Morgan fingerprint density at radius 2 is 1.64 bits per heavy atom. The van der Waals surface area contributed by atoms with Crippen LogP contribution in [-0.2, 0) is 0 Å². The summed E-state index contributed by atoms with van der Waals surface area (Å²) in [6.07, 6.45) is -0.434. The lowest BCUT2D eigenvalue weighted by atomic mass is 10.1. The van der Waals surface area contributed by atoms with Crippen LogP contribution in [-0.4, -0.2) is 37.8 Å². The van der Waals surface area contributed by atoms with E-state index in [4.69, 9.17) is 0 Å². The zero-order valence-corrected chi connectivity index (χ0v) is 12.6. The summed E-state index contributed by atoms with van der Waals surface area (Å²) in [6, 6.07) is 16.7. The molecule has 1 saturated heterocycles. The monoisotopic (exact) mass is 301 g/mol. The van der Waals surface area contributed by atoms with E-state index in [-0.39, 0.29) is 5.82 Å². The summed E-state index contributed by atoms with van der Waals surface area (Å²) in [5, 5.41) is 10.3. The number of piperazine rings is 1. The van der Waals surface area contributed by atoms with Crippen LogP contribution in [0.2, 0.25) is 0 Å². The zero-order chi connectivity index (χ0) is 15.4. The predicted octanol–water partition coefficient (Wildman–Crippen LogP) is 1.26. The first-order valence-corrected chi connectivity index (χ1v) is 7.80. The van der Waals surface area contributed by atoms with Gasteiger partial charge in [-0.25, -0.2) is 4.39 Å². The quantitative estimate of drug-likeness (QED) is 0.890. The smallest absolute Gasteiger partial charge is 0.146 e. The summed E-state index contributed by atoms with van der Waals surface area (Å²) in [4.78, 5) is 3.46. The fourth-order valence-corrected chi connectivity index (χ4v) is 3.04. The standard InChI is InChI=1S/C18H21FN2O/c19-16-8-4-5-9-17(16)21-12-10-20(11-13-21)14-18(22)15-6-2-1-3-7-15/h1-9,18,22H,10-14H2/p+1/t18-/m0/s1. The second-order valence-electron chi connectivity index (χ2n) is 5.82. The molecule has 3 nitrogen and oxygen atoms in total. The van der Waals surface area contributed by atoms with Gasteiger partial charge in [-0.3, -0.25) is 0 Å². The van der Waals surface area contributed by atoms with Gasteiger partial charge in [0.05, 0.1) is 31.9 Å². The first kappa shape index (κ1) is 15.0. The normalized spacial score (nSPS) is 17.5. The van der Waals surface area contributed by atoms with Crippen molar-refractivity contribution in [2.75, 3.05) is 37.6 Å². The molecule has 2 aromatic carbocycles. The van der Waals surface area contributed by atoms with Crippen LogP contribution < -0.4 is 9.80 Å². The van der Waals surface area contributed by atoms with E-state index >= 15 is 0 Å². The third-order valence-electron chi connectivity index (χ3n) is 4.33. The van der Waals surface area contributed by atoms with Crippen molar-refractivity contribution in [2.24, 2.45) is 0 Å². The molecular formula is C18H22FN2O+. The first-order chi connectivity index (χ1) is 10.7. The van der Waals surface area contributed by atoms with E-state index in [2.05, 4.69) is 4.90 Å². The number of nitrogens with zero attached hydrogens (tertiary/aromatic N) is 1. The fraction of sp³-hybridized carbons (Fsp3) is 0.333. The van der Waals surface area contributed by atoms with Gasteiger partial charge < -0.3 is 14.9 Å². The Bertz CT molecular complexity index is 597. The number of hydrogen-bond acceptors (Lipinski definition) is 2. The molecule has 0 saturated carbocycles. The van der Waals surface area contributed by atoms with E-state index < -0.39 is 6.10 Å². The molecule has 0 unspecified atom stereocenters. The van der Waals surface area contributed by atoms with Crippen molar-refractivity contribution >= 4 is 5.69 Å². The number of hydrogen-bond donors (Lipinski definition) is 2. The summed E-state index contributed by atoms with van der Waals surface area (Å²) in [6.45, 7) is 4.17. The van der Waals surface area contributed by atoms with Crippen molar-refractivity contribution in [3.05, 3.63) is 66.0 Å². The Morgan fingerprint density at radius 3 is 2.32 bits per heavy atom. The highest BCUT2D eigenvalue weighted by atomic mass is 19.1. The molecule has 0 bridgehead atoms. The van der Waals surface area contributed by atoms with E-state index in [1.807, 2.05) is 42.5 Å². The van der Waals surface area contributed by atoms with Crippen molar-refractivity contribution in [1.29, 1.82) is 0 Å². The third-order valence-corrected chi connectivity index (χ3v) is 4.33. The molecule has 0 amide bonds. The fourth-order valence-electron chi connectivity index (χ4n) is 3.04. The lowest BCUT2D eigenvalue weighted by Gasteiger charge is -2.34. The number of aliphatic hydroxyl groups is 1. The molecule has 22 heavy (non-hydrogen) atoms. The molecule has 1 atom stereocenters. The van der Waals surface area contributed by atoms with Gasteiger partial charge in [0.25, 0.3) is 0 Å². The summed E-state index contributed by atoms with van der Waals surface area (Å²) in [5.41, 5.74) is 1.65. The molecular weight excluding hydrogens is 279 g/mol. The van der Waals surface area contributed by atoms with E-state index in [1.165, 1.54) is 11.0 Å². The number of anilines is 1. The van der Waals surface area contributed by atoms with Crippen LogP contribution in [0.4, 0.5) is 10.1 Å². The number of quaternary nitrogens is 1. The largest absolute Gasteiger partial charge is 0.382 e. The van der Waals surface area contributed by atoms with Gasteiger partial charge in [0.15, 0.2) is 0 Å². The Hall–Kier alpha value is -1.91. The molecule has 1 aliphatic heterocycles. The Kier molecular flexibility index (Phi) is 4.71. The number of halogens is 1. The maximum absolute atomic E-state index is 13.8. The number of para-hydroxylation sites is 1. The predicted molar refractivity (Wildman–Crippen MR) is 85.6 cm³/mol. The minimum Gasteiger partial charge on any atom is -0.382 e. The van der Waals surface area contributed by atoms with Gasteiger partial charge in [-0.15, -0.1) is 0 Å². The van der Waals surface area contributed by atoms with E-state index in [0.717, 1.165) is 31.7 Å². The molecule has 0 aromatic heterocycles. The second-order valence-corrected chi connectivity index (χ2v) is 5.82. The number of nitrogens with one attached hydrogen (secondary N) is 1. The van der Waals surface area contributed by atoms with Crippen molar-refractivity contribution in [3.63, 3.8) is 0 Å². The third kappa shape index (κ3) is 3.46. The van der Waals surface area contributed by atoms with Crippen LogP contribution in [0.3, 0.4) is 0 Å². The zero-order valence-electron chi connectivity index (χ0n) is 12.6. The van der Waals surface area contributed by atoms with Crippen molar-refractivity contribution in [1.82, 2.24) is 0 Å². The average molecular weight is 301 g/mol. The van der Waals surface area contributed by atoms with Crippen LogP contribution >= 0.6 is 0 Å². The Labute approximate surface area is 130 Å². The molecule has 1 aliphatic rings. The Morgan fingerprint density at radius 1 is 1.00 bits per heavy atom. The second kappa shape index (κ2) is 6.90. The highest BCUT2D eigenvalue weighted by Gasteiger charge is 2.24. The number of benzene rings is 2. The molecule has 2 N–H and O–H groups in total. The Balaban J connectivity index is 1.55. The minimum atomic E-state index is -0.434. The van der Waals surface area contributed by atoms with Gasteiger partial charge in [0.1, 0.15) is 18.5 Å². The highest BCUT2D eigenvalue weighted by molar-refractivity contribution is 5.47. The molecule has 4 heteroatoms.